The Morgan fingerprint density at radius 1 is 1.45 bits per heavy atom. The monoisotopic (exact) mass is 276 g/mol. The van der Waals surface area contributed by atoms with Gasteiger partial charge in [-0.25, -0.2) is 0 Å². The first-order chi connectivity index (χ1) is 9.50. The zero-order valence-corrected chi connectivity index (χ0v) is 12.6. The number of carbonyl (C=O) groups is 1. The highest BCUT2D eigenvalue weighted by atomic mass is 16.2. The average molecular weight is 276 g/mol. The van der Waals surface area contributed by atoms with Crippen molar-refractivity contribution in [1.82, 2.24) is 15.2 Å². The highest BCUT2D eigenvalue weighted by Crippen LogP contribution is 2.28. The standard InChI is InChI=1S/C15H24N4O/c1-15(5-8-16-9-6-15)11-18-12-4-7-17-13(10-12)14(20)19(2)3/h4,7,10,16H,5-6,8-9,11H2,1-3H3,(H,17,18). The normalized spacial score (nSPS) is 17.6. The number of hydrogen-bond donors (Lipinski definition) is 2. The summed E-state index contributed by atoms with van der Waals surface area (Å²) in [7, 11) is 3.47. The van der Waals surface area contributed by atoms with Gasteiger partial charge in [0, 0.05) is 32.5 Å². The molecule has 0 bridgehead atoms. The summed E-state index contributed by atoms with van der Waals surface area (Å²) in [4.78, 5) is 17.6. The van der Waals surface area contributed by atoms with Gasteiger partial charge in [-0.2, -0.15) is 0 Å². The van der Waals surface area contributed by atoms with Crippen LogP contribution in [0.5, 0.6) is 0 Å². The molecule has 1 fully saturated rings. The van der Waals surface area contributed by atoms with Gasteiger partial charge in [0.2, 0.25) is 0 Å². The van der Waals surface area contributed by atoms with Crippen LogP contribution >= 0.6 is 0 Å². The molecule has 1 amide bonds. The number of piperidine rings is 1. The Labute approximate surface area is 120 Å². The fourth-order valence-corrected chi connectivity index (χ4v) is 2.41. The van der Waals surface area contributed by atoms with Crippen LogP contribution in [0, 0.1) is 5.41 Å². The SMILES string of the molecule is CN(C)C(=O)c1cc(NCC2(C)CCNCC2)ccn1. The third kappa shape index (κ3) is 3.70. The van der Waals surface area contributed by atoms with E-state index in [0.29, 0.717) is 11.1 Å². The molecule has 0 aromatic carbocycles. The van der Waals surface area contributed by atoms with Crippen molar-refractivity contribution in [2.24, 2.45) is 5.41 Å². The second-order valence-corrected chi connectivity index (χ2v) is 6.04. The summed E-state index contributed by atoms with van der Waals surface area (Å²) in [5.41, 5.74) is 1.76. The molecule has 20 heavy (non-hydrogen) atoms. The number of hydrogen-bond acceptors (Lipinski definition) is 4. The summed E-state index contributed by atoms with van der Waals surface area (Å²) < 4.78 is 0. The van der Waals surface area contributed by atoms with Gasteiger partial charge >= 0.3 is 0 Å². The topological polar surface area (TPSA) is 57.3 Å². The predicted octanol–water partition coefficient (Wildman–Crippen LogP) is 1.58. The second kappa shape index (κ2) is 6.22. The van der Waals surface area contributed by atoms with Crippen molar-refractivity contribution in [1.29, 1.82) is 0 Å². The van der Waals surface area contributed by atoms with Gasteiger partial charge in [-0.3, -0.25) is 9.78 Å². The first-order valence-electron chi connectivity index (χ1n) is 7.12. The number of amides is 1. The molecule has 5 heteroatoms. The van der Waals surface area contributed by atoms with Crippen molar-refractivity contribution in [3.8, 4) is 0 Å². The number of nitrogens with one attached hydrogen (secondary N) is 2. The van der Waals surface area contributed by atoms with E-state index < -0.39 is 0 Å². The minimum absolute atomic E-state index is 0.0678. The van der Waals surface area contributed by atoms with E-state index in [1.165, 1.54) is 12.8 Å². The van der Waals surface area contributed by atoms with Crippen molar-refractivity contribution < 1.29 is 4.79 Å². The highest BCUT2D eigenvalue weighted by molar-refractivity contribution is 5.92. The summed E-state index contributed by atoms with van der Waals surface area (Å²) in [6, 6.07) is 3.74. The summed E-state index contributed by atoms with van der Waals surface area (Å²) in [5, 5.41) is 6.84. The van der Waals surface area contributed by atoms with Crippen LogP contribution in [-0.2, 0) is 0 Å². The van der Waals surface area contributed by atoms with E-state index in [-0.39, 0.29) is 5.91 Å². The molecule has 0 atom stereocenters. The van der Waals surface area contributed by atoms with Crippen molar-refractivity contribution in [2.75, 3.05) is 39.0 Å². The molecule has 1 aliphatic heterocycles. The summed E-state index contributed by atoms with van der Waals surface area (Å²) in [6.45, 7) is 5.40. The van der Waals surface area contributed by atoms with Crippen molar-refractivity contribution in [3.05, 3.63) is 24.0 Å². The molecular weight excluding hydrogens is 252 g/mol. The second-order valence-electron chi connectivity index (χ2n) is 6.04. The highest BCUT2D eigenvalue weighted by Gasteiger charge is 2.26. The molecule has 0 radical (unpaired) electrons. The quantitative estimate of drug-likeness (QED) is 0.877. The number of pyridine rings is 1. The number of carbonyl (C=O) groups excluding carboxylic acids is 1. The zero-order chi connectivity index (χ0) is 14.6. The van der Waals surface area contributed by atoms with Gasteiger partial charge < -0.3 is 15.5 Å². The van der Waals surface area contributed by atoms with E-state index in [2.05, 4.69) is 22.5 Å². The molecule has 1 aromatic rings. The van der Waals surface area contributed by atoms with E-state index in [0.717, 1.165) is 25.3 Å². The lowest BCUT2D eigenvalue weighted by molar-refractivity contribution is 0.0822. The van der Waals surface area contributed by atoms with Gasteiger partial charge in [-0.15, -0.1) is 0 Å². The molecule has 0 aliphatic carbocycles. The molecule has 2 rings (SSSR count). The van der Waals surface area contributed by atoms with Crippen LogP contribution in [0.25, 0.3) is 0 Å². The minimum Gasteiger partial charge on any atom is -0.384 e. The maximum atomic E-state index is 11.9. The summed E-state index contributed by atoms with van der Waals surface area (Å²) in [6.07, 6.45) is 4.03. The van der Waals surface area contributed by atoms with E-state index in [9.17, 15) is 4.79 Å². The molecule has 2 N–H and O–H groups in total. The first-order valence-corrected chi connectivity index (χ1v) is 7.12. The van der Waals surface area contributed by atoms with Crippen LogP contribution in [-0.4, -0.2) is 49.5 Å². The van der Waals surface area contributed by atoms with E-state index in [1.807, 2.05) is 12.1 Å². The Morgan fingerprint density at radius 3 is 2.80 bits per heavy atom. The molecule has 1 aromatic heterocycles. The van der Waals surface area contributed by atoms with Gasteiger partial charge in [-0.1, -0.05) is 6.92 Å². The fourth-order valence-electron chi connectivity index (χ4n) is 2.41. The number of aromatic nitrogens is 1. The van der Waals surface area contributed by atoms with E-state index >= 15 is 0 Å². The van der Waals surface area contributed by atoms with Gasteiger partial charge in [0.1, 0.15) is 5.69 Å². The van der Waals surface area contributed by atoms with Gasteiger partial charge in [-0.05, 0) is 43.5 Å². The van der Waals surface area contributed by atoms with Crippen LogP contribution < -0.4 is 10.6 Å². The van der Waals surface area contributed by atoms with Gasteiger partial charge in [0.05, 0.1) is 0 Å². The third-order valence-corrected chi connectivity index (χ3v) is 3.92. The fraction of sp³-hybridized carbons (Fsp3) is 0.600. The van der Waals surface area contributed by atoms with Crippen LogP contribution in [0.15, 0.2) is 18.3 Å². The van der Waals surface area contributed by atoms with Gasteiger partial charge in [0.25, 0.3) is 5.91 Å². The van der Waals surface area contributed by atoms with Crippen molar-refractivity contribution in [2.45, 2.75) is 19.8 Å². The molecule has 1 saturated heterocycles. The Balaban J connectivity index is 1.99. The largest absolute Gasteiger partial charge is 0.384 e. The van der Waals surface area contributed by atoms with Crippen LogP contribution in [0.3, 0.4) is 0 Å². The lowest BCUT2D eigenvalue weighted by atomic mass is 9.81. The molecule has 1 aliphatic rings. The van der Waals surface area contributed by atoms with Crippen LogP contribution in [0.1, 0.15) is 30.3 Å². The lowest BCUT2D eigenvalue weighted by Gasteiger charge is -2.34. The smallest absolute Gasteiger partial charge is 0.272 e. The summed E-state index contributed by atoms with van der Waals surface area (Å²) >= 11 is 0. The number of rotatable bonds is 4. The van der Waals surface area contributed by atoms with Crippen molar-refractivity contribution >= 4 is 11.6 Å². The first kappa shape index (κ1) is 14.8. The summed E-state index contributed by atoms with van der Waals surface area (Å²) in [5.74, 6) is -0.0678. The number of anilines is 1. The molecule has 0 saturated carbocycles. The average Bonchev–Trinajstić information content (AvgIpc) is 2.45. The van der Waals surface area contributed by atoms with Crippen molar-refractivity contribution in [3.63, 3.8) is 0 Å². The molecule has 0 unspecified atom stereocenters. The molecule has 110 valence electrons. The maximum absolute atomic E-state index is 11.9. The Kier molecular flexibility index (Phi) is 4.60. The molecular formula is C15H24N4O. The van der Waals surface area contributed by atoms with Crippen LogP contribution in [0.2, 0.25) is 0 Å². The number of nitrogens with zero attached hydrogens (tertiary/aromatic N) is 2. The Bertz CT molecular complexity index is 467. The Morgan fingerprint density at radius 2 is 2.15 bits per heavy atom. The third-order valence-electron chi connectivity index (χ3n) is 3.92. The Hall–Kier alpha value is -1.62. The molecule has 0 spiro atoms. The van der Waals surface area contributed by atoms with Gasteiger partial charge in [0.15, 0.2) is 0 Å². The van der Waals surface area contributed by atoms with E-state index in [4.69, 9.17) is 0 Å². The minimum atomic E-state index is -0.0678. The molecule has 2 heterocycles. The lowest BCUT2D eigenvalue weighted by Crippen LogP contribution is -2.39. The van der Waals surface area contributed by atoms with Crippen LogP contribution in [0.4, 0.5) is 5.69 Å². The molecule has 5 nitrogen and oxygen atoms in total. The van der Waals surface area contributed by atoms with E-state index in [1.54, 1.807) is 25.2 Å². The predicted molar refractivity (Wildman–Crippen MR) is 81.0 cm³/mol. The zero-order valence-electron chi connectivity index (χ0n) is 12.6. The maximum Gasteiger partial charge on any atom is 0.272 e.